The van der Waals surface area contributed by atoms with Crippen molar-refractivity contribution in [3.05, 3.63) is 46.0 Å². The number of carbonyl (C=O) groups is 3. The summed E-state index contributed by atoms with van der Waals surface area (Å²) in [6.45, 7) is 1.46. The Morgan fingerprint density at radius 3 is 2.60 bits per heavy atom. The molecule has 0 radical (unpaired) electrons. The summed E-state index contributed by atoms with van der Waals surface area (Å²) in [4.78, 5) is 45.6. The molecule has 7 nitrogen and oxygen atoms in total. The molecule has 0 aliphatic carbocycles. The summed E-state index contributed by atoms with van der Waals surface area (Å²) in [5.41, 5.74) is 1.69. The monoisotopic (exact) mass is 356 g/mol. The average Bonchev–Trinajstić information content (AvgIpc) is 3.09. The van der Waals surface area contributed by atoms with Crippen molar-refractivity contribution < 1.29 is 14.4 Å². The molecule has 0 bridgehead atoms. The third-order valence-electron chi connectivity index (χ3n) is 4.35. The Labute approximate surface area is 148 Å². The molecule has 8 heteroatoms. The summed E-state index contributed by atoms with van der Waals surface area (Å²) in [5.74, 6) is -1.29. The number of fused-ring (bicyclic) bond motifs is 2. The number of benzene rings is 1. The lowest BCUT2D eigenvalue weighted by atomic mass is 10.1. The van der Waals surface area contributed by atoms with Gasteiger partial charge in [0.2, 0.25) is 5.91 Å². The number of rotatable bonds is 3. The van der Waals surface area contributed by atoms with Crippen molar-refractivity contribution >= 4 is 34.2 Å². The Morgan fingerprint density at radius 2 is 1.92 bits per heavy atom. The molecule has 0 atom stereocenters. The van der Waals surface area contributed by atoms with Crippen LogP contribution in [0, 0.1) is 0 Å². The number of thiazole rings is 1. The summed E-state index contributed by atoms with van der Waals surface area (Å²) >= 11 is 1.44. The highest BCUT2D eigenvalue weighted by atomic mass is 32.1. The van der Waals surface area contributed by atoms with Gasteiger partial charge in [-0.25, -0.2) is 4.98 Å². The molecular weight excluding hydrogens is 340 g/mol. The standard InChI is InChI=1S/C17H16N4O3S/c1-20-7-6-12-13(8-20)25-17(18-12)19-14(22)9-21-15(23)10-4-2-3-5-11(10)16(21)24/h2-5H,6-9H2,1H3,(H,18,19,22). The highest BCUT2D eigenvalue weighted by Crippen LogP contribution is 2.28. The second-order valence-corrected chi connectivity index (χ2v) is 7.25. The first-order valence-electron chi connectivity index (χ1n) is 7.95. The molecule has 25 heavy (non-hydrogen) atoms. The summed E-state index contributed by atoms with van der Waals surface area (Å²) in [6, 6.07) is 6.59. The second kappa shape index (κ2) is 6.05. The van der Waals surface area contributed by atoms with Crippen LogP contribution in [0.4, 0.5) is 5.13 Å². The molecular formula is C17H16N4O3S. The van der Waals surface area contributed by atoms with E-state index in [0.717, 1.165) is 35.0 Å². The molecule has 128 valence electrons. The minimum absolute atomic E-state index is 0.309. The van der Waals surface area contributed by atoms with Gasteiger partial charge in [-0.2, -0.15) is 0 Å². The summed E-state index contributed by atoms with van der Waals surface area (Å²) in [7, 11) is 2.04. The van der Waals surface area contributed by atoms with Gasteiger partial charge >= 0.3 is 0 Å². The Bertz CT molecular complexity index is 857. The molecule has 0 unspecified atom stereocenters. The Morgan fingerprint density at radius 1 is 1.24 bits per heavy atom. The summed E-state index contributed by atoms with van der Waals surface area (Å²) in [5, 5.41) is 3.23. The molecule has 0 spiro atoms. The van der Waals surface area contributed by atoms with Crippen LogP contribution in [0.1, 0.15) is 31.3 Å². The molecule has 0 fully saturated rings. The number of amides is 3. The van der Waals surface area contributed by atoms with Crippen LogP contribution in [-0.2, 0) is 17.8 Å². The van der Waals surface area contributed by atoms with E-state index in [9.17, 15) is 14.4 Å². The van der Waals surface area contributed by atoms with E-state index in [0.29, 0.717) is 16.3 Å². The third-order valence-corrected chi connectivity index (χ3v) is 5.35. The molecule has 2 aliphatic rings. The second-order valence-electron chi connectivity index (χ2n) is 6.17. The van der Waals surface area contributed by atoms with Crippen LogP contribution < -0.4 is 5.32 Å². The number of aromatic nitrogens is 1. The number of nitrogens with zero attached hydrogens (tertiary/aromatic N) is 3. The van der Waals surface area contributed by atoms with E-state index in [-0.39, 0.29) is 6.54 Å². The van der Waals surface area contributed by atoms with Crippen LogP contribution in [0.5, 0.6) is 0 Å². The van der Waals surface area contributed by atoms with Crippen molar-refractivity contribution in [2.45, 2.75) is 13.0 Å². The topological polar surface area (TPSA) is 82.6 Å². The van der Waals surface area contributed by atoms with E-state index in [1.54, 1.807) is 24.3 Å². The van der Waals surface area contributed by atoms with Gasteiger partial charge in [-0.1, -0.05) is 12.1 Å². The van der Waals surface area contributed by atoms with Gasteiger partial charge in [0.25, 0.3) is 11.8 Å². The molecule has 0 saturated carbocycles. The third kappa shape index (κ3) is 2.83. The fraction of sp³-hybridized carbons (Fsp3) is 0.294. The number of carbonyl (C=O) groups excluding carboxylic acids is 3. The lowest BCUT2D eigenvalue weighted by Crippen LogP contribution is -2.37. The van der Waals surface area contributed by atoms with Gasteiger partial charge in [0.05, 0.1) is 16.8 Å². The van der Waals surface area contributed by atoms with Gasteiger partial charge in [-0.15, -0.1) is 11.3 Å². The molecule has 2 aliphatic heterocycles. The van der Waals surface area contributed by atoms with Crippen molar-refractivity contribution in [2.75, 3.05) is 25.5 Å². The molecule has 0 saturated heterocycles. The number of likely N-dealkylation sites (N-methyl/N-ethyl adjacent to an activating group) is 1. The fourth-order valence-electron chi connectivity index (χ4n) is 3.06. The summed E-state index contributed by atoms with van der Waals surface area (Å²) in [6.07, 6.45) is 0.858. The van der Waals surface area contributed by atoms with E-state index in [2.05, 4.69) is 15.2 Å². The van der Waals surface area contributed by atoms with E-state index >= 15 is 0 Å². The Balaban J connectivity index is 1.45. The van der Waals surface area contributed by atoms with Crippen molar-refractivity contribution in [1.82, 2.24) is 14.8 Å². The number of imide groups is 1. The van der Waals surface area contributed by atoms with Gasteiger partial charge in [0.15, 0.2) is 5.13 Å². The van der Waals surface area contributed by atoms with Gasteiger partial charge in [-0.05, 0) is 19.2 Å². The molecule has 3 amide bonds. The van der Waals surface area contributed by atoms with Crippen molar-refractivity contribution in [3.63, 3.8) is 0 Å². The molecule has 1 aromatic carbocycles. The number of anilines is 1. The highest BCUT2D eigenvalue weighted by molar-refractivity contribution is 7.15. The van der Waals surface area contributed by atoms with Crippen molar-refractivity contribution in [1.29, 1.82) is 0 Å². The number of hydrogen-bond donors (Lipinski definition) is 1. The molecule has 2 aromatic rings. The smallest absolute Gasteiger partial charge is 0.262 e. The SMILES string of the molecule is CN1CCc2nc(NC(=O)CN3C(=O)c4ccccc4C3=O)sc2C1. The largest absolute Gasteiger partial charge is 0.301 e. The summed E-state index contributed by atoms with van der Waals surface area (Å²) < 4.78 is 0. The molecule has 3 heterocycles. The maximum absolute atomic E-state index is 12.3. The normalized spacial score (nSPS) is 16.8. The average molecular weight is 356 g/mol. The number of hydrogen-bond acceptors (Lipinski definition) is 6. The Kier molecular flexibility index (Phi) is 3.85. The van der Waals surface area contributed by atoms with E-state index in [1.807, 2.05) is 7.05 Å². The number of nitrogens with one attached hydrogen (secondary N) is 1. The quantitative estimate of drug-likeness (QED) is 0.840. The minimum Gasteiger partial charge on any atom is -0.301 e. The first-order chi connectivity index (χ1) is 12.0. The fourth-order valence-corrected chi connectivity index (χ4v) is 4.17. The Hall–Kier alpha value is -2.58. The van der Waals surface area contributed by atoms with Crippen LogP contribution in [0.25, 0.3) is 0 Å². The van der Waals surface area contributed by atoms with Crippen LogP contribution in [0.15, 0.2) is 24.3 Å². The van der Waals surface area contributed by atoms with Gasteiger partial charge in [0, 0.05) is 24.4 Å². The van der Waals surface area contributed by atoms with Crippen LogP contribution in [0.3, 0.4) is 0 Å². The zero-order chi connectivity index (χ0) is 17.6. The molecule has 1 N–H and O–H groups in total. The van der Waals surface area contributed by atoms with Gasteiger partial charge < -0.3 is 10.2 Å². The lowest BCUT2D eigenvalue weighted by Gasteiger charge is -2.20. The maximum atomic E-state index is 12.3. The predicted octanol–water partition coefficient (Wildman–Crippen LogP) is 1.37. The maximum Gasteiger partial charge on any atom is 0.262 e. The van der Waals surface area contributed by atoms with Crippen LogP contribution in [-0.4, -0.2) is 52.6 Å². The first kappa shape index (κ1) is 15.9. The molecule has 4 rings (SSSR count). The van der Waals surface area contributed by atoms with Crippen LogP contribution >= 0.6 is 11.3 Å². The van der Waals surface area contributed by atoms with Crippen molar-refractivity contribution in [2.24, 2.45) is 0 Å². The zero-order valence-corrected chi connectivity index (χ0v) is 14.4. The first-order valence-corrected chi connectivity index (χ1v) is 8.77. The van der Waals surface area contributed by atoms with E-state index < -0.39 is 17.7 Å². The van der Waals surface area contributed by atoms with Gasteiger partial charge in [-0.3, -0.25) is 19.3 Å². The van der Waals surface area contributed by atoms with E-state index in [4.69, 9.17) is 0 Å². The van der Waals surface area contributed by atoms with Gasteiger partial charge in [0.1, 0.15) is 6.54 Å². The minimum atomic E-state index is -0.434. The lowest BCUT2D eigenvalue weighted by molar-refractivity contribution is -0.116. The van der Waals surface area contributed by atoms with E-state index in [1.165, 1.54) is 11.3 Å². The van der Waals surface area contributed by atoms with Crippen molar-refractivity contribution in [3.8, 4) is 0 Å². The molecule has 1 aromatic heterocycles. The highest BCUT2D eigenvalue weighted by Gasteiger charge is 2.36. The zero-order valence-electron chi connectivity index (χ0n) is 13.6. The van der Waals surface area contributed by atoms with Crippen LogP contribution in [0.2, 0.25) is 0 Å². The predicted molar refractivity (Wildman–Crippen MR) is 92.6 cm³/mol.